The number of morpholine rings is 1. The van der Waals surface area contributed by atoms with Crippen LogP contribution < -0.4 is 5.32 Å². The van der Waals surface area contributed by atoms with Crippen molar-refractivity contribution in [1.82, 2.24) is 15.1 Å². The molecule has 1 spiro atoms. The quantitative estimate of drug-likeness (QED) is 0.585. The Morgan fingerprint density at radius 2 is 2.09 bits per heavy atom. The van der Waals surface area contributed by atoms with Gasteiger partial charge in [0.05, 0.1) is 26.3 Å². The standard InChI is InChI=1S/C15H27N3O5/c1-4-22-8-13(19)18-10-15(11-18)9-17(2)12(7-23-15)14(20)16-5-6-21-3/h12H,4-11H2,1-3H3,(H,16,20). The number of rotatable bonds is 7. The number of likely N-dealkylation sites (N-methyl/N-ethyl adjacent to an activating group) is 1. The van der Waals surface area contributed by atoms with Crippen molar-refractivity contribution >= 4 is 11.8 Å². The Balaban J connectivity index is 1.76. The molecule has 0 aliphatic carbocycles. The second-order valence-electron chi connectivity index (χ2n) is 6.10. The zero-order valence-electron chi connectivity index (χ0n) is 14.2. The van der Waals surface area contributed by atoms with E-state index >= 15 is 0 Å². The molecule has 0 saturated carbocycles. The lowest BCUT2D eigenvalue weighted by Gasteiger charge is -2.54. The monoisotopic (exact) mass is 329 g/mol. The molecule has 0 aromatic heterocycles. The molecule has 2 saturated heterocycles. The number of hydrogen-bond acceptors (Lipinski definition) is 6. The third-order valence-corrected chi connectivity index (χ3v) is 4.27. The number of nitrogens with zero attached hydrogens (tertiary/aromatic N) is 2. The van der Waals surface area contributed by atoms with Crippen molar-refractivity contribution in [2.24, 2.45) is 0 Å². The molecule has 2 aliphatic heterocycles. The lowest BCUT2D eigenvalue weighted by molar-refractivity contribution is -0.202. The van der Waals surface area contributed by atoms with E-state index in [1.807, 2.05) is 18.9 Å². The van der Waals surface area contributed by atoms with E-state index < -0.39 is 0 Å². The molecule has 0 aromatic carbocycles. The molecule has 1 unspecified atom stereocenters. The number of nitrogens with one attached hydrogen (secondary N) is 1. The predicted octanol–water partition coefficient (Wildman–Crippen LogP) is -1.30. The topological polar surface area (TPSA) is 80.3 Å². The van der Waals surface area contributed by atoms with Crippen LogP contribution in [0.3, 0.4) is 0 Å². The predicted molar refractivity (Wildman–Crippen MR) is 83.1 cm³/mol. The lowest BCUT2D eigenvalue weighted by atomic mass is 9.90. The average Bonchev–Trinajstić information content (AvgIpc) is 2.50. The summed E-state index contributed by atoms with van der Waals surface area (Å²) in [6.45, 7) is 5.58. The highest BCUT2D eigenvalue weighted by atomic mass is 16.5. The highest BCUT2D eigenvalue weighted by Gasteiger charge is 2.51. The van der Waals surface area contributed by atoms with Gasteiger partial charge in [-0.2, -0.15) is 0 Å². The fraction of sp³-hybridized carbons (Fsp3) is 0.867. The van der Waals surface area contributed by atoms with Crippen molar-refractivity contribution in [3.63, 3.8) is 0 Å². The first-order chi connectivity index (χ1) is 11.0. The van der Waals surface area contributed by atoms with Gasteiger partial charge in [-0.15, -0.1) is 0 Å². The fourth-order valence-electron chi connectivity index (χ4n) is 2.96. The van der Waals surface area contributed by atoms with Gasteiger partial charge < -0.3 is 24.4 Å². The van der Waals surface area contributed by atoms with Crippen molar-refractivity contribution < 1.29 is 23.8 Å². The molecule has 2 aliphatic rings. The third kappa shape index (κ3) is 4.41. The molecule has 2 heterocycles. The number of methoxy groups -OCH3 is 1. The Bertz CT molecular complexity index is 425. The maximum absolute atomic E-state index is 12.1. The van der Waals surface area contributed by atoms with Crippen molar-refractivity contribution in [1.29, 1.82) is 0 Å². The molecule has 2 rings (SSSR count). The van der Waals surface area contributed by atoms with Crippen LogP contribution in [-0.2, 0) is 23.8 Å². The van der Waals surface area contributed by atoms with E-state index in [4.69, 9.17) is 14.2 Å². The van der Waals surface area contributed by atoms with Crippen LogP contribution >= 0.6 is 0 Å². The maximum atomic E-state index is 12.1. The Morgan fingerprint density at radius 3 is 2.70 bits per heavy atom. The summed E-state index contributed by atoms with van der Waals surface area (Å²) in [6, 6.07) is -0.300. The smallest absolute Gasteiger partial charge is 0.248 e. The highest BCUT2D eigenvalue weighted by Crippen LogP contribution is 2.30. The number of likely N-dealkylation sites (tertiary alicyclic amines) is 1. The second-order valence-corrected chi connectivity index (χ2v) is 6.10. The SMILES string of the molecule is CCOCC(=O)N1CC2(C1)CN(C)C(C(=O)NCCOC)CO2. The van der Waals surface area contributed by atoms with Gasteiger partial charge in [0, 0.05) is 26.8 Å². The van der Waals surface area contributed by atoms with Crippen LogP contribution in [0.4, 0.5) is 0 Å². The van der Waals surface area contributed by atoms with Gasteiger partial charge in [-0.25, -0.2) is 0 Å². The molecule has 2 amide bonds. The number of hydrogen-bond donors (Lipinski definition) is 1. The normalized spacial score (nSPS) is 23.6. The zero-order valence-corrected chi connectivity index (χ0v) is 14.2. The zero-order chi connectivity index (χ0) is 16.9. The molecule has 8 heteroatoms. The van der Waals surface area contributed by atoms with Gasteiger partial charge in [-0.3, -0.25) is 14.5 Å². The van der Waals surface area contributed by atoms with Crippen LogP contribution in [0.15, 0.2) is 0 Å². The largest absolute Gasteiger partial charge is 0.383 e. The van der Waals surface area contributed by atoms with Crippen molar-refractivity contribution in [3.8, 4) is 0 Å². The molecule has 8 nitrogen and oxygen atoms in total. The van der Waals surface area contributed by atoms with Gasteiger partial charge in [-0.1, -0.05) is 0 Å². The minimum atomic E-state index is -0.347. The van der Waals surface area contributed by atoms with Crippen LogP contribution in [0, 0.1) is 0 Å². The van der Waals surface area contributed by atoms with Crippen molar-refractivity contribution in [3.05, 3.63) is 0 Å². The summed E-state index contributed by atoms with van der Waals surface area (Å²) in [6.07, 6.45) is 0. The molecule has 0 radical (unpaired) electrons. The molecule has 2 fully saturated rings. The Labute approximate surface area is 137 Å². The second kappa shape index (κ2) is 8.05. The lowest BCUT2D eigenvalue weighted by Crippen LogP contribution is -2.73. The molecular weight excluding hydrogens is 302 g/mol. The maximum Gasteiger partial charge on any atom is 0.248 e. The van der Waals surface area contributed by atoms with Crippen LogP contribution in [0.1, 0.15) is 6.92 Å². The molecular formula is C15H27N3O5. The Morgan fingerprint density at radius 1 is 1.35 bits per heavy atom. The summed E-state index contributed by atoms with van der Waals surface area (Å²) in [4.78, 5) is 27.7. The average molecular weight is 329 g/mol. The van der Waals surface area contributed by atoms with E-state index in [9.17, 15) is 9.59 Å². The van der Waals surface area contributed by atoms with Gasteiger partial charge >= 0.3 is 0 Å². The Kier molecular flexibility index (Phi) is 6.34. The van der Waals surface area contributed by atoms with Crippen molar-refractivity contribution in [2.45, 2.75) is 18.6 Å². The Hall–Kier alpha value is -1.22. The molecule has 23 heavy (non-hydrogen) atoms. The van der Waals surface area contributed by atoms with Crippen LogP contribution in [0.25, 0.3) is 0 Å². The summed E-state index contributed by atoms with van der Waals surface area (Å²) in [5.41, 5.74) is -0.347. The third-order valence-electron chi connectivity index (χ3n) is 4.27. The van der Waals surface area contributed by atoms with Gasteiger partial charge in [0.15, 0.2) is 0 Å². The molecule has 0 bridgehead atoms. The first-order valence-corrected chi connectivity index (χ1v) is 7.97. The molecule has 1 atom stereocenters. The molecule has 1 N–H and O–H groups in total. The fourth-order valence-corrected chi connectivity index (χ4v) is 2.96. The number of carbonyl (C=O) groups is 2. The van der Waals surface area contributed by atoms with Crippen molar-refractivity contribution in [2.75, 3.05) is 66.8 Å². The summed E-state index contributed by atoms with van der Waals surface area (Å²) in [7, 11) is 3.51. The van der Waals surface area contributed by atoms with Crippen LogP contribution in [0.2, 0.25) is 0 Å². The molecule has 0 aromatic rings. The van der Waals surface area contributed by atoms with Gasteiger partial charge in [0.1, 0.15) is 18.2 Å². The number of carbonyl (C=O) groups excluding carboxylic acids is 2. The minimum absolute atomic E-state index is 0.0110. The van der Waals surface area contributed by atoms with E-state index in [1.54, 1.807) is 12.0 Å². The van der Waals surface area contributed by atoms with E-state index in [-0.39, 0.29) is 30.1 Å². The number of amides is 2. The summed E-state index contributed by atoms with van der Waals surface area (Å²) < 4.78 is 16.0. The molecule has 132 valence electrons. The van der Waals surface area contributed by atoms with Gasteiger partial charge in [0.25, 0.3) is 0 Å². The van der Waals surface area contributed by atoms with Gasteiger partial charge in [0.2, 0.25) is 11.8 Å². The number of ether oxygens (including phenoxy) is 3. The summed E-state index contributed by atoms with van der Waals surface area (Å²) in [5, 5.41) is 2.83. The van der Waals surface area contributed by atoms with Gasteiger partial charge in [-0.05, 0) is 14.0 Å². The highest BCUT2D eigenvalue weighted by molar-refractivity contribution is 5.82. The first-order valence-electron chi connectivity index (χ1n) is 7.97. The summed E-state index contributed by atoms with van der Waals surface area (Å²) >= 11 is 0. The summed E-state index contributed by atoms with van der Waals surface area (Å²) in [5.74, 6) is -0.0637. The van der Waals surface area contributed by atoms with E-state index in [1.165, 1.54) is 0 Å². The van der Waals surface area contributed by atoms with Crippen LogP contribution in [-0.4, -0.2) is 100 Å². The van der Waals surface area contributed by atoms with E-state index in [0.29, 0.717) is 46.0 Å². The van der Waals surface area contributed by atoms with E-state index in [2.05, 4.69) is 5.32 Å². The minimum Gasteiger partial charge on any atom is -0.383 e. The van der Waals surface area contributed by atoms with Crippen LogP contribution in [0.5, 0.6) is 0 Å². The first kappa shape index (κ1) is 18.1. The van der Waals surface area contributed by atoms with E-state index in [0.717, 1.165) is 0 Å².